The van der Waals surface area contributed by atoms with Crippen molar-refractivity contribution in [2.24, 2.45) is 0 Å². The van der Waals surface area contributed by atoms with Gasteiger partial charge in [-0.15, -0.1) is 12.3 Å². The molecule has 0 bridgehead atoms. The molecule has 0 aliphatic carbocycles. The standard InChI is InChI=1S/C6H4N3.C3H7.Y/c1-2-6-7-4-5-9(6)8-3-1;1-3-2;/h1-3,5H;3H,1-2H3;/q2*-1;. The smallest absolute Gasteiger partial charge is 0.0447 e. The van der Waals surface area contributed by atoms with Crippen LogP contribution in [0.25, 0.3) is 5.65 Å². The molecule has 0 unspecified atom stereocenters. The Kier molecular flexibility index (Phi) is 7.01. The minimum absolute atomic E-state index is 0. The molecule has 0 N–H and O–H groups in total. The number of rotatable bonds is 0. The van der Waals surface area contributed by atoms with Crippen LogP contribution in [-0.2, 0) is 32.7 Å². The number of aromatic nitrogens is 3. The Bertz CT molecular complexity index is 302. The number of hydrogen-bond acceptors (Lipinski definition) is 2. The maximum atomic E-state index is 3.96. The van der Waals surface area contributed by atoms with Gasteiger partial charge in [-0.25, -0.2) is 0 Å². The molecule has 0 aromatic carbocycles. The number of hydrogen-bond donors (Lipinski definition) is 0. The molecule has 2 heterocycles. The average molecular weight is 250 g/mol. The quantitative estimate of drug-likeness (QED) is 0.667. The van der Waals surface area contributed by atoms with E-state index in [9.17, 15) is 0 Å². The molecule has 13 heavy (non-hydrogen) atoms. The molecule has 0 saturated heterocycles. The summed E-state index contributed by atoms with van der Waals surface area (Å²) in [5.74, 6) is 0. The minimum Gasteiger partial charge on any atom is -0.434 e. The molecule has 0 aliphatic rings. The molecule has 4 heteroatoms. The first-order valence-corrected chi connectivity index (χ1v) is 3.79. The number of nitrogens with zero attached hydrogens (tertiary/aromatic N) is 3. The molecular weight excluding hydrogens is 239 g/mol. The van der Waals surface area contributed by atoms with Gasteiger partial charge in [0.15, 0.2) is 0 Å². The van der Waals surface area contributed by atoms with Gasteiger partial charge in [-0.3, -0.25) is 0 Å². The zero-order chi connectivity index (χ0) is 8.81. The van der Waals surface area contributed by atoms with Crippen LogP contribution in [0, 0.1) is 12.6 Å². The van der Waals surface area contributed by atoms with E-state index in [2.05, 4.69) is 16.3 Å². The van der Waals surface area contributed by atoms with Crippen molar-refractivity contribution >= 4 is 5.65 Å². The van der Waals surface area contributed by atoms with Gasteiger partial charge in [0, 0.05) is 38.9 Å². The normalized spacial score (nSPS) is 8.46. The predicted octanol–water partition coefficient (Wildman–Crippen LogP) is 1.76. The van der Waals surface area contributed by atoms with Gasteiger partial charge in [0.1, 0.15) is 0 Å². The van der Waals surface area contributed by atoms with Gasteiger partial charge in [0.25, 0.3) is 0 Å². The Morgan fingerprint density at radius 3 is 2.77 bits per heavy atom. The summed E-state index contributed by atoms with van der Waals surface area (Å²) in [5, 5.41) is 3.96. The minimum atomic E-state index is 0. The van der Waals surface area contributed by atoms with E-state index in [1.807, 2.05) is 32.4 Å². The van der Waals surface area contributed by atoms with Crippen molar-refractivity contribution in [3.05, 3.63) is 37.1 Å². The largest absolute Gasteiger partial charge is 0.434 e. The van der Waals surface area contributed by atoms with Crippen LogP contribution >= 0.6 is 0 Å². The van der Waals surface area contributed by atoms with E-state index in [1.165, 1.54) is 0 Å². The fourth-order valence-corrected chi connectivity index (χ4v) is 0.713. The Labute approximate surface area is 103 Å². The molecule has 0 amide bonds. The van der Waals surface area contributed by atoms with E-state index in [-0.39, 0.29) is 32.7 Å². The second-order valence-corrected chi connectivity index (χ2v) is 2.27. The van der Waals surface area contributed by atoms with E-state index in [1.54, 1.807) is 16.9 Å². The molecule has 2 rings (SSSR count). The third-order valence-electron chi connectivity index (χ3n) is 1.12. The zero-order valence-corrected chi connectivity index (χ0v) is 10.6. The third kappa shape index (κ3) is 3.96. The van der Waals surface area contributed by atoms with E-state index in [0.717, 1.165) is 5.65 Å². The third-order valence-corrected chi connectivity index (χ3v) is 1.12. The van der Waals surface area contributed by atoms with Crippen LogP contribution in [0.2, 0.25) is 0 Å². The number of fused-ring (bicyclic) bond motifs is 1. The van der Waals surface area contributed by atoms with Crippen molar-refractivity contribution in [1.82, 2.24) is 14.6 Å². The van der Waals surface area contributed by atoms with Crippen LogP contribution in [0.15, 0.2) is 24.5 Å². The molecule has 3 nitrogen and oxygen atoms in total. The second-order valence-electron chi connectivity index (χ2n) is 2.27. The van der Waals surface area contributed by atoms with Gasteiger partial charge in [-0.2, -0.15) is 18.9 Å². The van der Waals surface area contributed by atoms with Gasteiger partial charge in [-0.05, 0) is 5.65 Å². The van der Waals surface area contributed by atoms with Gasteiger partial charge in [0.2, 0.25) is 0 Å². The van der Waals surface area contributed by atoms with Gasteiger partial charge < -0.3 is 15.9 Å². The van der Waals surface area contributed by atoms with Crippen LogP contribution in [-0.4, -0.2) is 14.6 Å². The first kappa shape index (κ1) is 12.7. The van der Waals surface area contributed by atoms with Crippen LogP contribution in [0.1, 0.15) is 13.8 Å². The van der Waals surface area contributed by atoms with E-state index in [0.29, 0.717) is 0 Å². The Morgan fingerprint density at radius 1 is 1.46 bits per heavy atom. The summed E-state index contributed by atoms with van der Waals surface area (Å²) in [6.45, 7) is 4.00. The molecule has 67 valence electrons. The van der Waals surface area contributed by atoms with Crippen LogP contribution in [0.4, 0.5) is 0 Å². The van der Waals surface area contributed by atoms with E-state index in [4.69, 9.17) is 0 Å². The topological polar surface area (TPSA) is 30.2 Å². The predicted molar refractivity (Wildman–Crippen MR) is 47.5 cm³/mol. The summed E-state index contributed by atoms with van der Waals surface area (Å²) in [7, 11) is 0. The van der Waals surface area contributed by atoms with Gasteiger partial charge in [0.05, 0.1) is 0 Å². The van der Waals surface area contributed by atoms with Crippen LogP contribution < -0.4 is 0 Å². The molecule has 0 fully saturated rings. The molecule has 1 radical (unpaired) electrons. The molecule has 2 aromatic rings. The summed E-state index contributed by atoms with van der Waals surface area (Å²) >= 11 is 0. The monoisotopic (exact) mass is 250 g/mol. The summed E-state index contributed by atoms with van der Waals surface area (Å²) in [6.07, 6.45) is 8.09. The van der Waals surface area contributed by atoms with Crippen molar-refractivity contribution in [1.29, 1.82) is 0 Å². The Morgan fingerprint density at radius 2 is 2.15 bits per heavy atom. The first-order chi connectivity index (χ1) is 5.88. The summed E-state index contributed by atoms with van der Waals surface area (Å²) in [5.41, 5.74) is 0.831. The fraction of sp³-hybridized carbons (Fsp3) is 0.222. The van der Waals surface area contributed by atoms with Crippen molar-refractivity contribution in [3.63, 3.8) is 0 Å². The van der Waals surface area contributed by atoms with Crippen molar-refractivity contribution in [2.75, 3.05) is 0 Å². The Hall–Kier alpha value is -0.276. The summed E-state index contributed by atoms with van der Waals surface area (Å²) in [4.78, 5) is 3.89. The molecule has 0 spiro atoms. The first-order valence-electron chi connectivity index (χ1n) is 3.79. The van der Waals surface area contributed by atoms with Crippen LogP contribution in [0.3, 0.4) is 0 Å². The molecule has 0 saturated carbocycles. The summed E-state index contributed by atoms with van der Waals surface area (Å²) < 4.78 is 1.67. The number of imidazole rings is 1. The van der Waals surface area contributed by atoms with E-state index >= 15 is 0 Å². The van der Waals surface area contributed by atoms with Gasteiger partial charge in [-0.1, -0.05) is 12.3 Å². The van der Waals surface area contributed by atoms with Crippen molar-refractivity contribution < 1.29 is 32.7 Å². The van der Waals surface area contributed by atoms with Crippen molar-refractivity contribution in [3.8, 4) is 0 Å². The second kappa shape index (κ2) is 7.16. The maximum absolute atomic E-state index is 3.96. The zero-order valence-electron chi connectivity index (χ0n) is 7.81. The molecule has 0 aliphatic heterocycles. The fourth-order valence-electron chi connectivity index (χ4n) is 0.713. The Balaban J connectivity index is 0.000000324. The van der Waals surface area contributed by atoms with E-state index < -0.39 is 0 Å². The maximum Gasteiger partial charge on any atom is 0.0447 e. The van der Waals surface area contributed by atoms with Crippen LogP contribution in [0.5, 0.6) is 0 Å². The van der Waals surface area contributed by atoms with Gasteiger partial charge >= 0.3 is 0 Å². The molecular formula is C9H11N3Y-2. The summed E-state index contributed by atoms with van der Waals surface area (Å²) in [6, 6.07) is 3.72. The SMILES string of the molecule is C[CH-]C.[Y].[c-]1cn2ncccc2n1. The molecule has 0 atom stereocenters. The molecule has 2 aromatic heterocycles. The average Bonchev–Trinajstić information content (AvgIpc) is 2.52. The van der Waals surface area contributed by atoms with Crippen molar-refractivity contribution in [2.45, 2.75) is 13.8 Å².